The van der Waals surface area contributed by atoms with Crippen LogP contribution in [0.1, 0.15) is 27.2 Å². The molecule has 0 saturated heterocycles. The molecule has 1 aromatic heterocycles. The summed E-state index contributed by atoms with van der Waals surface area (Å²) in [6.45, 7) is 7.08. The number of pyridine rings is 1. The van der Waals surface area contributed by atoms with Gasteiger partial charge in [0, 0.05) is 18.1 Å². The Kier molecular flexibility index (Phi) is 4.14. The fourth-order valence-corrected chi connectivity index (χ4v) is 2.77. The zero-order valence-corrected chi connectivity index (χ0v) is 12.8. The van der Waals surface area contributed by atoms with Crippen molar-refractivity contribution in [1.82, 2.24) is 4.98 Å². The van der Waals surface area contributed by atoms with Crippen LogP contribution < -0.4 is 11.1 Å². The summed E-state index contributed by atoms with van der Waals surface area (Å²) < 4.78 is 5.69. The summed E-state index contributed by atoms with van der Waals surface area (Å²) in [5.74, 6) is 0.864. The molecule has 0 spiro atoms. The predicted octanol–water partition coefficient (Wildman–Crippen LogP) is 3.59. The highest BCUT2D eigenvalue weighted by Gasteiger charge is 2.49. The van der Waals surface area contributed by atoms with Crippen LogP contribution in [0.15, 0.2) is 6.07 Å². The van der Waals surface area contributed by atoms with E-state index in [0.29, 0.717) is 15.9 Å². The van der Waals surface area contributed by atoms with Crippen LogP contribution in [0.25, 0.3) is 0 Å². The first-order valence-electron chi connectivity index (χ1n) is 6.36. The number of nitrogens with zero attached hydrogens (tertiary/aromatic N) is 1. The van der Waals surface area contributed by atoms with E-state index in [4.69, 9.17) is 33.7 Å². The molecule has 0 bridgehead atoms. The zero-order valence-electron chi connectivity index (χ0n) is 11.3. The molecule has 0 amide bonds. The van der Waals surface area contributed by atoms with Crippen molar-refractivity contribution in [3.63, 3.8) is 0 Å². The van der Waals surface area contributed by atoms with Gasteiger partial charge < -0.3 is 15.8 Å². The maximum Gasteiger partial charge on any atom is 0.147 e. The lowest BCUT2D eigenvalue weighted by Crippen LogP contribution is -2.58. The minimum atomic E-state index is 0.0371. The molecule has 6 heteroatoms. The Morgan fingerprint density at radius 2 is 2.16 bits per heavy atom. The Morgan fingerprint density at radius 1 is 1.47 bits per heavy atom. The second kappa shape index (κ2) is 5.35. The van der Waals surface area contributed by atoms with Crippen LogP contribution in [0.3, 0.4) is 0 Å². The van der Waals surface area contributed by atoms with Crippen molar-refractivity contribution in [1.29, 1.82) is 0 Å². The summed E-state index contributed by atoms with van der Waals surface area (Å²) in [5, 5.41) is 4.18. The molecule has 4 nitrogen and oxygen atoms in total. The molecule has 3 N–H and O–H groups in total. The van der Waals surface area contributed by atoms with Crippen LogP contribution in [-0.4, -0.2) is 23.7 Å². The molecular weight excluding hydrogens is 285 g/mol. The normalized spacial score (nSPS) is 24.9. The second-order valence-electron chi connectivity index (χ2n) is 5.38. The van der Waals surface area contributed by atoms with Crippen molar-refractivity contribution in [2.75, 3.05) is 17.7 Å². The average molecular weight is 304 g/mol. The van der Waals surface area contributed by atoms with Crippen molar-refractivity contribution in [2.45, 2.75) is 39.3 Å². The van der Waals surface area contributed by atoms with Gasteiger partial charge >= 0.3 is 0 Å². The van der Waals surface area contributed by atoms with Gasteiger partial charge in [0.25, 0.3) is 0 Å². The lowest BCUT2D eigenvalue weighted by Gasteiger charge is -2.51. The first-order valence-corrected chi connectivity index (χ1v) is 7.11. The molecule has 0 aliphatic heterocycles. The van der Waals surface area contributed by atoms with Crippen molar-refractivity contribution < 1.29 is 4.74 Å². The molecule has 1 aliphatic rings. The molecule has 0 radical (unpaired) electrons. The van der Waals surface area contributed by atoms with E-state index in [0.717, 1.165) is 13.0 Å². The highest BCUT2D eigenvalue weighted by molar-refractivity contribution is 6.37. The highest BCUT2D eigenvalue weighted by atomic mass is 35.5. The van der Waals surface area contributed by atoms with E-state index in [2.05, 4.69) is 24.1 Å². The summed E-state index contributed by atoms with van der Waals surface area (Å²) in [4.78, 5) is 4.19. The van der Waals surface area contributed by atoms with Crippen LogP contribution in [0.5, 0.6) is 0 Å². The van der Waals surface area contributed by atoms with Gasteiger partial charge in [-0.25, -0.2) is 4.98 Å². The Morgan fingerprint density at radius 3 is 2.74 bits per heavy atom. The second-order valence-corrected chi connectivity index (χ2v) is 6.20. The number of halogens is 2. The third kappa shape index (κ3) is 2.76. The highest BCUT2D eigenvalue weighted by Crippen LogP contribution is 2.45. The van der Waals surface area contributed by atoms with E-state index >= 15 is 0 Å². The maximum absolute atomic E-state index is 6.12. The standard InChI is InChI=1S/C13H19Cl2N3O/c1-4-19-10-6-9(13(10,2)3)17-12-8(15)5-7(14)11(16)18-12/h5,9-10H,4,6H2,1-3H3,(H3,16,17,18). The van der Waals surface area contributed by atoms with Gasteiger partial charge in [0.2, 0.25) is 0 Å². The van der Waals surface area contributed by atoms with Crippen LogP contribution in [-0.2, 0) is 4.74 Å². The molecule has 2 unspecified atom stereocenters. The molecule has 1 aliphatic carbocycles. The number of hydrogen-bond acceptors (Lipinski definition) is 4. The Labute approximate surface area is 123 Å². The summed E-state index contributed by atoms with van der Waals surface area (Å²) in [7, 11) is 0. The number of nitrogen functional groups attached to an aromatic ring is 1. The number of hydrogen-bond donors (Lipinski definition) is 2. The fourth-order valence-electron chi connectivity index (χ4n) is 2.36. The lowest BCUT2D eigenvalue weighted by atomic mass is 9.64. The Hall–Kier alpha value is -0.710. The number of anilines is 2. The van der Waals surface area contributed by atoms with Crippen LogP contribution in [0, 0.1) is 5.41 Å². The van der Waals surface area contributed by atoms with E-state index in [-0.39, 0.29) is 23.4 Å². The maximum atomic E-state index is 6.12. The molecule has 1 fully saturated rings. The number of rotatable bonds is 4. The van der Waals surface area contributed by atoms with E-state index in [1.165, 1.54) is 0 Å². The summed E-state index contributed by atoms with van der Waals surface area (Å²) in [5.41, 5.74) is 5.74. The van der Waals surface area contributed by atoms with E-state index in [1.54, 1.807) is 6.07 Å². The quantitative estimate of drug-likeness (QED) is 0.892. The van der Waals surface area contributed by atoms with Gasteiger partial charge in [-0.2, -0.15) is 0 Å². The lowest BCUT2D eigenvalue weighted by molar-refractivity contribution is -0.0976. The van der Waals surface area contributed by atoms with Gasteiger partial charge in [-0.3, -0.25) is 0 Å². The average Bonchev–Trinajstić information content (AvgIpc) is 2.34. The summed E-state index contributed by atoms with van der Waals surface area (Å²) >= 11 is 12.0. The Balaban J connectivity index is 2.09. The largest absolute Gasteiger partial charge is 0.382 e. The van der Waals surface area contributed by atoms with Crippen LogP contribution >= 0.6 is 23.2 Å². The number of nitrogens with one attached hydrogen (secondary N) is 1. The van der Waals surface area contributed by atoms with E-state index in [1.807, 2.05) is 6.92 Å². The molecule has 2 atom stereocenters. The molecule has 106 valence electrons. The number of ether oxygens (including phenoxy) is 1. The molecular formula is C13H19Cl2N3O. The number of aromatic nitrogens is 1. The predicted molar refractivity (Wildman–Crippen MR) is 79.9 cm³/mol. The first-order chi connectivity index (χ1) is 8.86. The molecule has 1 heterocycles. The monoisotopic (exact) mass is 303 g/mol. The van der Waals surface area contributed by atoms with E-state index in [9.17, 15) is 0 Å². The Bertz CT molecular complexity index is 479. The van der Waals surface area contributed by atoms with Crippen LogP contribution in [0.2, 0.25) is 10.0 Å². The van der Waals surface area contributed by atoms with Crippen molar-refractivity contribution in [2.24, 2.45) is 5.41 Å². The minimum Gasteiger partial charge on any atom is -0.382 e. The summed E-state index contributed by atoms with van der Waals surface area (Å²) in [6, 6.07) is 1.87. The first kappa shape index (κ1) is 14.7. The SMILES string of the molecule is CCOC1CC(Nc2nc(N)c(Cl)cc2Cl)C1(C)C. The van der Waals surface area contributed by atoms with Gasteiger partial charge in [0.15, 0.2) is 0 Å². The van der Waals surface area contributed by atoms with Crippen molar-refractivity contribution in [3.8, 4) is 0 Å². The molecule has 0 aromatic carbocycles. The molecule has 1 aromatic rings. The van der Waals surface area contributed by atoms with Crippen molar-refractivity contribution in [3.05, 3.63) is 16.1 Å². The minimum absolute atomic E-state index is 0.0371. The third-order valence-corrected chi connectivity index (χ3v) is 4.40. The zero-order chi connectivity index (χ0) is 14.2. The smallest absolute Gasteiger partial charge is 0.147 e. The topological polar surface area (TPSA) is 60.2 Å². The van der Waals surface area contributed by atoms with E-state index < -0.39 is 0 Å². The van der Waals surface area contributed by atoms with Gasteiger partial charge in [-0.05, 0) is 19.4 Å². The number of nitrogens with two attached hydrogens (primary N) is 1. The van der Waals surface area contributed by atoms with Gasteiger partial charge in [0.1, 0.15) is 11.6 Å². The van der Waals surface area contributed by atoms with Gasteiger partial charge in [-0.15, -0.1) is 0 Å². The van der Waals surface area contributed by atoms with Crippen molar-refractivity contribution >= 4 is 34.8 Å². The van der Waals surface area contributed by atoms with Crippen LogP contribution in [0.4, 0.5) is 11.6 Å². The third-order valence-electron chi connectivity index (χ3n) is 3.81. The fraction of sp³-hybridized carbons (Fsp3) is 0.615. The molecule has 1 saturated carbocycles. The molecule has 19 heavy (non-hydrogen) atoms. The molecule has 2 rings (SSSR count). The summed E-state index contributed by atoms with van der Waals surface area (Å²) in [6.07, 6.45) is 1.19. The van der Waals surface area contributed by atoms with Gasteiger partial charge in [0.05, 0.1) is 16.1 Å². The van der Waals surface area contributed by atoms with Gasteiger partial charge in [-0.1, -0.05) is 37.0 Å².